The van der Waals surface area contributed by atoms with E-state index in [2.05, 4.69) is 27.7 Å². The molecule has 0 rings (SSSR count). The van der Waals surface area contributed by atoms with Crippen LogP contribution in [0.2, 0.25) is 0 Å². The molecule has 278 valence electrons. The van der Waals surface area contributed by atoms with E-state index in [4.69, 9.17) is 14.2 Å². The van der Waals surface area contributed by atoms with Gasteiger partial charge >= 0.3 is 17.9 Å². The van der Waals surface area contributed by atoms with Gasteiger partial charge in [-0.15, -0.1) is 0 Å². The molecule has 0 radical (unpaired) electrons. The fourth-order valence-electron chi connectivity index (χ4n) is 5.92. The average molecular weight is 667 g/mol. The first-order valence-electron chi connectivity index (χ1n) is 20.4. The molecular formula is C41H78O6. The summed E-state index contributed by atoms with van der Waals surface area (Å²) in [6, 6.07) is 0. The Balaban J connectivity index is 4.31. The highest BCUT2D eigenvalue weighted by molar-refractivity contribution is 5.71. The van der Waals surface area contributed by atoms with E-state index in [0.29, 0.717) is 19.3 Å². The zero-order valence-corrected chi connectivity index (χ0v) is 31.7. The molecule has 0 N–H and O–H groups in total. The van der Waals surface area contributed by atoms with Crippen LogP contribution in [0.3, 0.4) is 0 Å². The molecule has 0 heterocycles. The van der Waals surface area contributed by atoms with Crippen LogP contribution in [0.15, 0.2) is 0 Å². The topological polar surface area (TPSA) is 78.9 Å². The van der Waals surface area contributed by atoms with Crippen molar-refractivity contribution >= 4 is 17.9 Å². The molecule has 0 aromatic carbocycles. The summed E-state index contributed by atoms with van der Waals surface area (Å²) < 4.78 is 16.6. The maximum atomic E-state index is 12.6. The van der Waals surface area contributed by atoms with Crippen molar-refractivity contribution in [3.8, 4) is 0 Å². The van der Waals surface area contributed by atoms with Crippen LogP contribution in [0.25, 0.3) is 0 Å². The molecule has 0 amide bonds. The van der Waals surface area contributed by atoms with E-state index in [0.717, 1.165) is 63.7 Å². The summed E-state index contributed by atoms with van der Waals surface area (Å²) in [5.74, 6) is -0.0540. The van der Waals surface area contributed by atoms with Crippen LogP contribution < -0.4 is 0 Å². The first-order valence-corrected chi connectivity index (χ1v) is 20.4. The third-order valence-corrected chi connectivity index (χ3v) is 9.04. The summed E-state index contributed by atoms with van der Waals surface area (Å²) in [4.78, 5) is 37.3. The molecule has 0 aromatic rings. The molecule has 0 saturated heterocycles. The molecule has 0 aliphatic heterocycles. The van der Waals surface area contributed by atoms with Gasteiger partial charge in [-0.3, -0.25) is 14.4 Å². The van der Waals surface area contributed by atoms with E-state index in [1.807, 2.05) is 0 Å². The molecule has 0 aromatic heterocycles. The SMILES string of the molecule is CCCCCCCCCCCC(=O)OC[C@@H](COC(=O)CCCCCCCCC)OC(=O)CCCCCCCCCCCCC(C)C. The lowest BCUT2D eigenvalue weighted by Gasteiger charge is -2.18. The summed E-state index contributed by atoms with van der Waals surface area (Å²) in [5.41, 5.74) is 0. The van der Waals surface area contributed by atoms with E-state index < -0.39 is 6.10 Å². The fraction of sp³-hybridized carbons (Fsp3) is 0.927. The van der Waals surface area contributed by atoms with Crippen LogP contribution in [-0.4, -0.2) is 37.2 Å². The lowest BCUT2D eigenvalue weighted by atomic mass is 10.0. The number of hydrogen-bond donors (Lipinski definition) is 0. The molecule has 0 spiro atoms. The van der Waals surface area contributed by atoms with Crippen LogP contribution in [0, 0.1) is 5.92 Å². The van der Waals surface area contributed by atoms with Gasteiger partial charge in [0.25, 0.3) is 0 Å². The minimum atomic E-state index is -0.756. The zero-order valence-electron chi connectivity index (χ0n) is 31.7. The second kappa shape index (κ2) is 35.7. The van der Waals surface area contributed by atoms with Crippen molar-refractivity contribution in [3.63, 3.8) is 0 Å². The maximum Gasteiger partial charge on any atom is 0.306 e. The van der Waals surface area contributed by atoms with Gasteiger partial charge in [0, 0.05) is 19.3 Å². The van der Waals surface area contributed by atoms with Gasteiger partial charge in [-0.1, -0.05) is 182 Å². The van der Waals surface area contributed by atoms with Gasteiger partial charge in [0.2, 0.25) is 0 Å². The number of carbonyl (C=O) groups is 3. The number of carbonyl (C=O) groups excluding carboxylic acids is 3. The second-order valence-electron chi connectivity index (χ2n) is 14.4. The highest BCUT2D eigenvalue weighted by Gasteiger charge is 2.19. The monoisotopic (exact) mass is 667 g/mol. The summed E-state index contributed by atoms with van der Waals surface area (Å²) >= 11 is 0. The van der Waals surface area contributed by atoms with E-state index >= 15 is 0 Å². The van der Waals surface area contributed by atoms with Crippen LogP contribution >= 0.6 is 0 Å². The Morgan fingerprint density at radius 2 is 0.702 bits per heavy atom. The molecule has 6 heteroatoms. The Bertz CT molecular complexity index is 706. The quantitative estimate of drug-likeness (QED) is 0.0376. The number of unbranched alkanes of at least 4 members (excludes halogenated alkanes) is 23. The molecule has 47 heavy (non-hydrogen) atoms. The van der Waals surface area contributed by atoms with E-state index in [9.17, 15) is 14.4 Å². The van der Waals surface area contributed by atoms with Gasteiger partial charge < -0.3 is 14.2 Å². The number of esters is 3. The minimum absolute atomic E-state index is 0.0653. The highest BCUT2D eigenvalue weighted by atomic mass is 16.6. The first kappa shape index (κ1) is 45.4. The molecule has 1 atom stereocenters. The van der Waals surface area contributed by atoms with Crippen molar-refractivity contribution in [2.24, 2.45) is 5.92 Å². The highest BCUT2D eigenvalue weighted by Crippen LogP contribution is 2.15. The van der Waals surface area contributed by atoms with Crippen molar-refractivity contribution in [2.75, 3.05) is 13.2 Å². The Morgan fingerprint density at radius 1 is 0.404 bits per heavy atom. The lowest BCUT2D eigenvalue weighted by Crippen LogP contribution is -2.30. The Morgan fingerprint density at radius 3 is 1.04 bits per heavy atom. The Hall–Kier alpha value is -1.59. The fourth-order valence-corrected chi connectivity index (χ4v) is 5.92. The standard InChI is InChI=1S/C41H78O6/c1-5-7-9-11-13-16-21-25-29-33-40(43)46-36-38(35-45-39(42)32-28-24-19-12-10-8-6-2)47-41(44)34-30-26-22-18-15-14-17-20-23-27-31-37(3)4/h37-38H,5-36H2,1-4H3/t38-/m1/s1. The van der Waals surface area contributed by atoms with Crippen molar-refractivity contribution < 1.29 is 28.6 Å². The summed E-state index contributed by atoms with van der Waals surface area (Å²) in [7, 11) is 0. The molecule has 0 bridgehead atoms. The molecule has 0 aliphatic carbocycles. The van der Waals surface area contributed by atoms with E-state index in [-0.39, 0.29) is 31.1 Å². The summed E-state index contributed by atoms with van der Waals surface area (Å²) in [6.07, 6.45) is 32.4. The molecule has 6 nitrogen and oxygen atoms in total. The van der Waals surface area contributed by atoms with E-state index in [1.54, 1.807) is 0 Å². The van der Waals surface area contributed by atoms with Crippen molar-refractivity contribution in [1.82, 2.24) is 0 Å². The maximum absolute atomic E-state index is 12.6. The molecule has 0 unspecified atom stereocenters. The molecule has 0 saturated carbocycles. The van der Waals surface area contributed by atoms with Crippen LogP contribution in [0.5, 0.6) is 0 Å². The van der Waals surface area contributed by atoms with Gasteiger partial charge in [0.1, 0.15) is 13.2 Å². The van der Waals surface area contributed by atoms with Gasteiger partial charge in [-0.05, 0) is 25.2 Å². The third kappa shape index (κ3) is 35.5. The molecule has 0 aliphatic rings. The van der Waals surface area contributed by atoms with Crippen LogP contribution in [0.1, 0.15) is 220 Å². The van der Waals surface area contributed by atoms with Gasteiger partial charge in [0.05, 0.1) is 0 Å². The number of rotatable bonds is 36. The van der Waals surface area contributed by atoms with Crippen LogP contribution in [-0.2, 0) is 28.6 Å². The third-order valence-electron chi connectivity index (χ3n) is 9.04. The van der Waals surface area contributed by atoms with Crippen molar-refractivity contribution in [3.05, 3.63) is 0 Å². The van der Waals surface area contributed by atoms with Crippen LogP contribution in [0.4, 0.5) is 0 Å². The normalized spacial score (nSPS) is 11.9. The number of ether oxygens (including phenoxy) is 3. The summed E-state index contributed by atoms with van der Waals surface area (Å²) in [5, 5.41) is 0. The molecule has 0 fully saturated rings. The van der Waals surface area contributed by atoms with E-state index in [1.165, 1.54) is 116 Å². The Labute approximate surface area is 291 Å². The van der Waals surface area contributed by atoms with Crippen molar-refractivity contribution in [1.29, 1.82) is 0 Å². The number of hydrogen-bond acceptors (Lipinski definition) is 6. The predicted octanol–water partition coefficient (Wildman–Crippen LogP) is 12.4. The second-order valence-corrected chi connectivity index (χ2v) is 14.4. The average Bonchev–Trinajstić information content (AvgIpc) is 3.05. The minimum Gasteiger partial charge on any atom is -0.462 e. The predicted molar refractivity (Wildman–Crippen MR) is 196 cm³/mol. The summed E-state index contributed by atoms with van der Waals surface area (Å²) in [6.45, 7) is 8.90. The lowest BCUT2D eigenvalue weighted by molar-refractivity contribution is -0.167. The van der Waals surface area contributed by atoms with Crippen molar-refractivity contribution in [2.45, 2.75) is 226 Å². The zero-order chi connectivity index (χ0) is 34.6. The Kier molecular flexibility index (Phi) is 34.5. The van der Waals surface area contributed by atoms with Gasteiger partial charge in [0.15, 0.2) is 6.10 Å². The van der Waals surface area contributed by atoms with Gasteiger partial charge in [-0.2, -0.15) is 0 Å². The largest absolute Gasteiger partial charge is 0.462 e. The van der Waals surface area contributed by atoms with Gasteiger partial charge in [-0.25, -0.2) is 0 Å². The smallest absolute Gasteiger partial charge is 0.306 e. The molecular weight excluding hydrogens is 588 g/mol. The first-order chi connectivity index (χ1) is 22.9.